The summed E-state index contributed by atoms with van der Waals surface area (Å²) in [5.74, 6) is -0.504. The van der Waals surface area contributed by atoms with Crippen molar-refractivity contribution < 1.29 is 13.7 Å². The summed E-state index contributed by atoms with van der Waals surface area (Å²) in [6, 6.07) is 0. The largest absolute Gasteiger partial charge is 0.461 e. The van der Waals surface area contributed by atoms with Crippen LogP contribution in [0.15, 0.2) is 12.5 Å². The van der Waals surface area contributed by atoms with Crippen LogP contribution in [0.25, 0.3) is 0 Å². The third-order valence-electron chi connectivity index (χ3n) is 1.37. The van der Waals surface area contributed by atoms with E-state index in [1.165, 1.54) is 22.8 Å². The Kier molecular flexibility index (Phi) is 3.18. The SMILES string of the molecule is CCOC(=O)c1cncn1S(C)=O. The number of aromatic nitrogens is 2. The quantitative estimate of drug-likeness (QED) is 0.657. The van der Waals surface area contributed by atoms with Crippen LogP contribution in [0.1, 0.15) is 17.4 Å². The highest BCUT2D eigenvalue weighted by atomic mass is 32.2. The minimum Gasteiger partial charge on any atom is -0.461 e. The molecule has 0 amide bonds. The zero-order chi connectivity index (χ0) is 9.84. The first-order valence-corrected chi connectivity index (χ1v) is 5.21. The number of hydrogen-bond donors (Lipinski definition) is 0. The molecule has 1 rings (SSSR count). The van der Waals surface area contributed by atoms with Gasteiger partial charge in [0.2, 0.25) is 0 Å². The molecular formula is C7H10N2O3S. The summed E-state index contributed by atoms with van der Waals surface area (Å²) in [6.45, 7) is 2.00. The van der Waals surface area contributed by atoms with Crippen LogP contribution in [0, 0.1) is 0 Å². The topological polar surface area (TPSA) is 61.2 Å². The molecule has 6 heteroatoms. The van der Waals surface area contributed by atoms with Crippen LogP contribution in [0.3, 0.4) is 0 Å². The molecule has 13 heavy (non-hydrogen) atoms. The van der Waals surface area contributed by atoms with Crippen LogP contribution in [0.4, 0.5) is 0 Å². The number of rotatable bonds is 3. The lowest BCUT2D eigenvalue weighted by Gasteiger charge is -2.02. The molecule has 0 radical (unpaired) electrons. The molecule has 0 spiro atoms. The fourth-order valence-corrected chi connectivity index (χ4v) is 1.42. The van der Waals surface area contributed by atoms with Crippen molar-refractivity contribution in [2.45, 2.75) is 6.92 Å². The van der Waals surface area contributed by atoms with Gasteiger partial charge in [-0.25, -0.2) is 18.0 Å². The summed E-state index contributed by atoms with van der Waals surface area (Å²) in [6.07, 6.45) is 4.13. The molecule has 0 aromatic carbocycles. The summed E-state index contributed by atoms with van der Waals surface area (Å²) in [4.78, 5) is 14.9. The number of nitrogens with zero attached hydrogens (tertiary/aromatic N) is 2. The van der Waals surface area contributed by atoms with E-state index in [0.717, 1.165) is 0 Å². The van der Waals surface area contributed by atoms with Gasteiger partial charge in [-0.3, -0.25) is 0 Å². The highest BCUT2D eigenvalue weighted by molar-refractivity contribution is 7.82. The predicted molar refractivity (Wildman–Crippen MR) is 47.6 cm³/mol. The van der Waals surface area contributed by atoms with Gasteiger partial charge in [0.1, 0.15) is 17.3 Å². The average molecular weight is 202 g/mol. The van der Waals surface area contributed by atoms with Crippen molar-refractivity contribution in [1.29, 1.82) is 0 Å². The maximum Gasteiger partial charge on any atom is 0.357 e. The summed E-state index contributed by atoms with van der Waals surface area (Å²) < 4.78 is 17.1. The minimum absolute atomic E-state index is 0.211. The van der Waals surface area contributed by atoms with Crippen LogP contribution in [0.5, 0.6) is 0 Å². The number of ether oxygens (including phenoxy) is 1. The van der Waals surface area contributed by atoms with Crippen molar-refractivity contribution in [3.8, 4) is 0 Å². The van der Waals surface area contributed by atoms with E-state index >= 15 is 0 Å². The van der Waals surface area contributed by atoms with Gasteiger partial charge in [0.15, 0.2) is 5.69 Å². The van der Waals surface area contributed by atoms with E-state index in [1.54, 1.807) is 6.92 Å². The summed E-state index contributed by atoms with van der Waals surface area (Å²) >= 11 is 0. The third-order valence-corrected chi connectivity index (χ3v) is 2.21. The molecule has 0 aliphatic carbocycles. The van der Waals surface area contributed by atoms with E-state index in [4.69, 9.17) is 4.74 Å². The van der Waals surface area contributed by atoms with E-state index in [0.29, 0.717) is 6.61 Å². The van der Waals surface area contributed by atoms with Crippen LogP contribution >= 0.6 is 0 Å². The normalized spacial score (nSPS) is 12.5. The van der Waals surface area contributed by atoms with Crippen molar-refractivity contribution in [3.05, 3.63) is 18.2 Å². The molecule has 1 heterocycles. The maximum absolute atomic E-state index is 11.2. The summed E-state index contributed by atoms with van der Waals surface area (Å²) in [5.41, 5.74) is 0.211. The Bertz CT molecular complexity index is 334. The fourth-order valence-electron chi connectivity index (χ4n) is 0.836. The zero-order valence-corrected chi connectivity index (χ0v) is 8.21. The lowest BCUT2D eigenvalue weighted by Crippen LogP contribution is -2.13. The second-order valence-electron chi connectivity index (χ2n) is 2.25. The molecule has 0 bridgehead atoms. The van der Waals surface area contributed by atoms with Crippen LogP contribution in [-0.4, -0.2) is 32.0 Å². The Labute approximate surface area is 78.3 Å². The molecule has 1 aromatic heterocycles. The van der Waals surface area contributed by atoms with Crippen LogP contribution in [-0.2, 0) is 15.7 Å². The second-order valence-corrected chi connectivity index (χ2v) is 3.49. The highest BCUT2D eigenvalue weighted by Crippen LogP contribution is 2.02. The molecule has 0 aliphatic heterocycles. The number of carbonyl (C=O) groups excluding carboxylic acids is 1. The van der Waals surface area contributed by atoms with Gasteiger partial charge in [0.05, 0.1) is 12.8 Å². The molecule has 0 N–H and O–H groups in total. The molecule has 1 unspecified atom stereocenters. The monoisotopic (exact) mass is 202 g/mol. The smallest absolute Gasteiger partial charge is 0.357 e. The van der Waals surface area contributed by atoms with Gasteiger partial charge in [-0.2, -0.15) is 0 Å². The summed E-state index contributed by atoms with van der Waals surface area (Å²) in [7, 11) is -1.28. The number of imidazole rings is 1. The van der Waals surface area contributed by atoms with Gasteiger partial charge in [-0.1, -0.05) is 0 Å². The molecule has 1 atom stereocenters. The number of hydrogen-bond acceptors (Lipinski definition) is 4. The first-order valence-electron chi connectivity index (χ1n) is 3.70. The first-order chi connectivity index (χ1) is 6.16. The molecule has 0 saturated heterocycles. The van der Waals surface area contributed by atoms with Crippen LogP contribution in [0.2, 0.25) is 0 Å². The predicted octanol–water partition coefficient (Wildman–Crippen LogP) is 0.201. The Balaban J connectivity index is 2.93. The Morgan fingerprint density at radius 1 is 1.77 bits per heavy atom. The highest BCUT2D eigenvalue weighted by Gasteiger charge is 2.14. The van der Waals surface area contributed by atoms with Gasteiger partial charge < -0.3 is 4.74 Å². The van der Waals surface area contributed by atoms with Crippen LogP contribution < -0.4 is 0 Å². The van der Waals surface area contributed by atoms with Crippen molar-refractivity contribution in [2.75, 3.05) is 12.9 Å². The lowest BCUT2D eigenvalue weighted by atomic mass is 10.5. The lowest BCUT2D eigenvalue weighted by molar-refractivity contribution is 0.0518. The van der Waals surface area contributed by atoms with Crippen molar-refractivity contribution in [1.82, 2.24) is 8.96 Å². The summed E-state index contributed by atoms with van der Waals surface area (Å²) in [5, 5.41) is 0. The van der Waals surface area contributed by atoms with Gasteiger partial charge in [0.25, 0.3) is 0 Å². The standard InChI is InChI=1S/C7H10N2O3S/c1-3-12-7(10)6-4-8-5-9(6)13(2)11/h4-5H,3H2,1-2H3. The maximum atomic E-state index is 11.2. The molecular weight excluding hydrogens is 192 g/mol. The Hall–Kier alpha value is -1.17. The molecule has 72 valence electrons. The van der Waals surface area contributed by atoms with E-state index in [-0.39, 0.29) is 5.69 Å². The molecule has 0 saturated carbocycles. The Morgan fingerprint density at radius 3 is 3.00 bits per heavy atom. The fraction of sp³-hybridized carbons (Fsp3) is 0.429. The van der Waals surface area contributed by atoms with E-state index in [9.17, 15) is 9.00 Å². The van der Waals surface area contributed by atoms with Crippen molar-refractivity contribution >= 4 is 17.0 Å². The van der Waals surface area contributed by atoms with Gasteiger partial charge in [-0.15, -0.1) is 0 Å². The molecule has 0 fully saturated rings. The number of carbonyl (C=O) groups is 1. The minimum atomic E-state index is -1.28. The zero-order valence-electron chi connectivity index (χ0n) is 7.39. The van der Waals surface area contributed by atoms with E-state index < -0.39 is 17.0 Å². The average Bonchev–Trinajstić information content (AvgIpc) is 2.52. The van der Waals surface area contributed by atoms with Crippen molar-refractivity contribution in [3.63, 3.8) is 0 Å². The molecule has 0 aliphatic rings. The Morgan fingerprint density at radius 2 is 2.46 bits per heavy atom. The van der Waals surface area contributed by atoms with Crippen molar-refractivity contribution in [2.24, 2.45) is 0 Å². The van der Waals surface area contributed by atoms with E-state index in [2.05, 4.69) is 4.98 Å². The van der Waals surface area contributed by atoms with Gasteiger partial charge >= 0.3 is 5.97 Å². The molecule has 5 nitrogen and oxygen atoms in total. The van der Waals surface area contributed by atoms with Gasteiger partial charge in [0, 0.05) is 6.26 Å². The number of esters is 1. The van der Waals surface area contributed by atoms with Gasteiger partial charge in [-0.05, 0) is 6.92 Å². The van der Waals surface area contributed by atoms with E-state index in [1.807, 2.05) is 0 Å². The first kappa shape index (κ1) is 9.91. The third kappa shape index (κ3) is 2.15. The second kappa shape index (κ2) is 4.18. The molecule has 1 aromatic rings.